The van der Waals surface area contributed by atoms with Gasteiger partial charge in [-0.15, -0.1) is 0 Å². The summed E-state index contributed by atoms with van der Waals surface area (Å²) in [4.78, 5) is 14.0. The SMILES string of the molecule is CC.O=C(/C=C/c1ccccc1)N1CCC([C@@H]2CO2)CC1. The molecule has 2 aliphatic rings. The van der Waals surface area contributed by atoms with Crippen LogP contribution in [0.25, 0.3) is 6.08 Å². The van der Waals surface area contributed by atoms with E-state index in [9.17, 15) is 4.79 Å². The largest absolute Gasteiger partial charge is 0.373 e. The quantitative estimate of drug-likeness (QED) is 0.631. The van der Waals surface area contributed by atoms with E-state index in [4.69, 9.17) is 4.74 Å². The molecule has 3 rings (SSSR count). The van der Waals surface area contributed by atoms with Crippen LogP contribution in [0.2, 0.25) is 0 Å². The third-order valence-corrected chi connectivity index (χ3v) is 3.95. The summed E-state index contributed by atoms with van der Waals surface area (Å²) in [6.45, 7) is 6.65. The van der Waals surface area contributed by atoms with E-state index in [1.807, 2.05) is 55.2 Å². The van der Waals surface area contributed by atoms with E-state index in [1.54, 1.807) is 6.08 Å². The van der Waals surface area contributed by atoms with Crippen molar-refractivity contribution in [2.24, 2.45) is 5.92 Å². The van der Waals surface area contributed by atoms with E-state index in [2.05, 4.69) is 0 Å². The van der Waals surface area contributed by atoms with Gasteiger partial charge in [-0.2, -0.15) is 0 Å². The number of epoxide rings is 1. The molecule has 114 valence electrons. The van der Waals surface area contributed by atoms with Crippen molar-refractivity contribution in [3.8, 4) is 0 Å². The molecule has 2 aliphatic heterocycles. The Kier molecular flexibility index (Phi) is 6.00. The van der Waals surface area contributed by atoms with Crippen LogP contribution in [0.15, 0.2) is 36.4 Å². The first-order valence-corrected chi connectivity index (χ1v) is 7.96. The molecule has 1 aromatic carbocycles. The topological polar surface area (TPSA) is 32.8 Å². The fraction of sp³-hybridized carbons (Fsp3) is 0.500. The average molecular weight is 287 g/mol. The first-order valence-electron chi connectivity index (χ1n) is 7.96. The molecule has 1 atom stereocenters. The van der Waals surface area contributed by atoms with Crippen LogP contribution in [-0.2, 0) is 9.53 Å². The fourth-order valence-electron chi connectivity index (χ4n) is 2.66. The number of ether oxygens (including phenoxy) is 1. The Hall–Kier alpha value is -1.61. The van der Waals surface area contributed by atoms with Gasteiger partial charge in [0.05, 0.1) is 12.7 Å². The van der Waals surface area contributed by atoms with Gasteiger partial charge in [-0.05, 0) is 30.4 Å². The predicted octanol–water partition coefficient (Wildman–Crippen LogP) is 3.36. The molecule has 1 amide bonds. The smallest absolute Gasteiger partial charge is 0.246 e. The maximum Gasteiger partial charge on any atom is 0.246 e. The van der Waals surface area contributed by atoms with Gasteiger partial charge in [-0.3, -0.25) is 4.79 Å². The number of carbonyl (C=O) groups excluding carboxylic acids is 1. The van der Waals surface area contributed by atoms with Crippen molar-refractivity contribution in [3.63, 3.8) is 0 Å². The summed E-state index contributed by atoms with van der Waals surface area (Å²) >= 11 is 0. The zero-order valence-corrected chi connectivity index (χ0v) is 13.0. The number of benzene rings is 1. The zero-order chi connectivity index (χ0) is 15.1. The lowest BCUT2D eigenvalue weighted by Crippen LogP contribution is -2.38. The molecule has 0 radical (unpaired) electrons. The van der Waals surface area contributed by atoms with Gasteiger partial charge in [0.25, 0.3) is 0 Å². The number of carbonyl (C=O) groups is 1. The van der Waals surface area contributed by atoms with Gasteiger partial charge in [0.15, 0.2) is 0 Å². The molecule has 0 saturated carbocycles. The van der Waals surface area contributed by atoms with Crippen molar-refractivity contribution >= 4 is 12.0 Å². The fourth-order valence-corrected chi connectivity index (χ4v) is 2.66. The number of rotatable bonds is 3. The van der Waals surface area contributed by atoms with Crippen LogP contribution in [-0.4, -0.2) is 36.6 Å². The summed E-state index contributed by atoms with van der Waals surface area (Å²) in [5.74, 6) is 0.793. The van der Waals surface area contributed by atoms with E-state index in [1.165, 1.54) is 0 Å². The Morgan fingerprint density at radius 3 is 2.38 bits per heavy atom. The second kappa shape index (κ2) is 7.99. The van der Waals surface area contributed by atoms with Gasteiger partial charge in [-0.1, -0.05) is 44.2 Å². The van der Waals surface area contributed by atoms with Crippen molar-refractivity contribution in [1.29, 1.82) is 0 Å². The molecule has 0 bridgehead atoms. The van der Waals surface area contributed by atoms with E-state index >= 15 is 0 Å². The second-order valence-electron chi connectivity index (χ2n) is 5.28. The van der Waals surface area contributed by atoms with Crippen LogP contribution in [0, 0.1) is 5.92 Å². The van der Waals surface area contributed by atoms with Crippen molar-refractivity contribution < 1.29 is 9.53 Å². The Balaban J connectivity index is 0.000000774. The summed E-state index contributed by atoms with van der Waals surface area (Å²) < 4.78 is 5.33. The van der Waals surface area contributed by atoms with Crippen LogP contribution in [0.4, 0.5) is 0 Å². The summed E-state index contributed by atoms with van der Waals surface area (Å²) in [6, 6.07) is 9.93. The van der Waals surface area contributed by atoms with Gasteiger partial charge in [-0.25, -0.2) is 0 Å². The van der Waals surface area contributed by atoms with Gasteiger partial charge >= 0.3 is 0 Å². The number of piperidine rings is 1. The van der Waals surface area contributed by atoms with Crippen molar-refractivity contribution in [2.75, 3.05) is 19.7 Å². The van der Waals surface area contributed by atoms with E-state index in [0.717, 1.165) is 38.1 Å². The number of hydrogen-bond donors (Lipinski definition) is 0. The van der Waals surface area contributed by atoms with E-state index in [0.29, 0.717) is 12.0 Å². The minimum absolute atomic E-state index is 0.124. The summed E-state index contributed by atoms with van der Waals surface area (Å²) in [7, 11) is 0. The minimum Gasteiger partial charge on any atom is -0.373 e. The number of hydrogen-bond acceptors (Lipinski definition) is 2. The highest BCUT2D eigenvalue weighted by atomic mass is 16.6. The lowest BCUT2D eigenvalue weighted by atomic mass is 9.94. The summed E-state index contributed by atoms with van der Waals surface area (Å²) in [5.41, 5.74) is 1.07. The Labute approximate surface area is 127 Å². The van der Waals surface area contributed by atoms with Crippen LogP contribution in [0.1, 0.15) is 32.3 Å². The van der Waals surface area contributed by atoms with Gasteiger partial charge in [0, 0.05) is 19.2 Å². The highest BCUT2D eigenvalue weighted by Crippen LogP contribution is 2.29. The molecule has 1 aromatic rings. The van der Waals surface area contributed by atoms with E-state index in [-0.39, 0.29) is 5.91 Å². The maximum absolute atomic E-state index is 12.1. The second-order valence-corrected chi connectivity index (χ2v) is 5.28. The Bertz CT molecular complexity index is 457. The monoisotopic (exact) mass is 287 g/mol. The highest BCUT2D eigenvalue weighted by molar-refractivity contribution is 5.91. The maximum atomic E-state index is 12.1. The zero-order valence-electron chi connectivity index (χ0n) is 13.0. The molecule has 0 aromatic heterocycles. The van der Waals surface area contributed by atoms with Crippen LogP contribution >= 0.6 is 0 Å². The van der Waals surface area contributed by atoms with Gasteiger partial charge in [0.1, 0.15) is 0 Å². The predicted molar refractivity (Wildman–Crippen MR) is 85.9 cm³/mol. The van der Waals surface area contributed by atoms with Gasteiger partial charge in [0.2, 0.25) is 5.91 Å². The highest BCUT2D eigenvalue weighted by Gasteiger charge is 2.35. The molecule has 0 spiro atoms. The molecule has 0 aliphatic carbocycles. The molecule has 0 N–H and O–H groups in total. The first-order chi connectivity index (χ1) is 10.3. The lowest BCUT2D eigenvalue weighted by Gasteiger charge is -2.30. The molecule has 2 fully saturated rings. The average Bonchev–Trinajstić information content (AvgIpc) is 3.41. The number of nitrogens with zero attached hydrogens (tertiary/aromatic N) is 1. The van der Waals surface area contributed by atoms with Crippen LogP contribution in [0.3, 0.4) is 0 Å². The molecule has 21 heavy (non-hydrogen) atoms. The lowest BCUT2D eigenvalue weighted by molar-refractivity contribution is -0.127. The van der Waals surface area contributed by atoms with Crippen LogP contribution in [0.5, 0.6) is 0 Å². The van der Waals surface area contributed by atoms with Crippen molar-refractivity contribution in [2.45, 2.75) is 32.8 Å². The number of amides is 1. The molecule has 3 heteroatoms. The normalized spacial score (nSPS) is 21.8. The van der Waals surface area contributed by atoms with E-state index < -0.39 is 0 Å². The summed E-state index contributed by atoms with van der Waals surface area (Å²) in [6.07, 6.45) is 6.21. The van der Waals surface area contributed by atoms with Crippen LogP contribution < -0.4 is 0 Å². The molecular weight excluding hydrogens is 262 g/mol. The van der Waals surface area contributed by atoms with Crippen molar-refractivity contribution in [3.05, 3.63) is 42.0 Å². The number of likely N-dealkylation sites (tertiary alicyclic amines) is 1. The molecule has 2 saturated heterocycles. The first kappa shape index (κ1) is 15.8. The standard InChI is InChI=1S/C16H19NO2.C2H6/c18-16(7-6-13-4-2-1-3-5-13)17-10-8-14(9-11-17)15-12-19-15;1-2/h1-7,14-15H,8-12H2;1-2H3/b7-6+;/t15-;/m0./s1. The minimum atomic E-state index is 0.124. The molecule has 3 nitrogen and oxygen atoms in total. The molecule has 0 unspecified atom stereocenters. The molecular formula is C18H25NO2. The molecule has 2 heterocycles. The Morgan fingerprint density at radius 2 is 1.81 bits per heavy atom. The summed E-state index contributed by atoms with van der Waals surface area (Å²) in [5, 5.41) is 0. The third kappa shape index (κ3) is 4.71. The van der Waals surface area contributed by atoms with Gasteiger partial charge < -0.3 is 9.64 Å². The van der Waals surface area contributed by atoms with Crippen molar-refractivity contribution in [1.82, 2.24) is 4.90 Å². The Morgan fingerprint density at radius 1 is 1.19 bits per heavy atom. The third-order valence-electron chi connectivity index (χ3n) is 3.95.